The summed E-state index contributed by atoms with van der Waals surface area (Å²) < 4.78 is 5.36. The number of aryl methyl sites for hydroxylation is 1. The lowest BCUT2D eigenvalue weighted by atomic mass is 9.89. The predicted molar refractivity (Wildman–Crippen MR) is 110 cm³/mol. The molecule has 1 N–H and O–H groups in total. The van der Waals surface area contributed by atoms with Crippen molar-refractivity contribution < 1.29 is 9.53 Å². The van der Waals surface area contributed by atoms with E-state index in [9.17, 15) is 4.79 Å². The highest BCUT2D eigenvalue weighted by molar-refractivity contribution is 5.93. The van der Waals surface area contributed by atoms with E-state index in [0.717, 1.165) is 43.2 Å². The Balaban J connectivity index is 1.46. The molecule has 0 aromatic heterocycles. The van der Waals surface area contributed by atoms with Crippen molar-refractivity contribution in [3.05, 3.63) is 23.8 Å². The number of rotatable bonds is 6. The van der Waals surface area contributed by atoms with Gasteiger partial charge in [-0.05, 0) is 62.9 Å². The topological polar surface area (TPSA) is 44.8 Å². The Labute approximate surface area is 164 Å². The van der Waals surface area contributed by atoms with Crippen LogP contribution in [0.2, 0.25) is 0 Å². The minimum absolute atomic E-state index is 0.0413. The molecule has 1 aliphatic heterocycles. The number of hydrogen-bond acceptors (Lipinski definition) is 4. The summed E-state index contributed by atoms with van der Waals surface area (Å²) in [5.41, 5.74) is 1.87. The van der Waals surface area contributed by atoms with Crippen molar-refractivity contribution in [2.75, 3.05) is 51.7 Å². The lowest BCUT2D eigenvalue weighted by Crippen LogP contribution is -2.37. The second-order valence-corrected chi connectivity index (χ2v) is 8.19. The molecule has 1 saturated heterocycles. The maximum atomic E-state index is 12.5. The van der Waals surface area contributed by atoms with Crippen molar-refractivity contribution in [1.82, 2.24) is 9.80 Å². The summed E-state index contributed by atoms with van der Waals surface area (Å²) in [5, 5.41) is 3.03. The number of carbonyl (C=O) groups is 1. The van der Waals surface area contributed by atoms with Crippen LogP contribution in [0.3, 0.4) is 0 Å². The molecule has 2 aliphatic rings. The van der Waals surface area contributed by atoms with E-state index in [-0.39, 0.29) is 5.91 Å². The zero-order valence-corrected chi connectivity index (χ0v) is 17.0. The molecule has 1 amide bonds. The van der Waals surface area contributed by atoms with Gasteiger partial charge in [0.1, 0.15) is 5.75 Å². The van der Waals surface area contributed by atoms with Crippen molar-refractivity contribution >= 4 is 11.6 Å². The Morgan fingerprint density at radius 1 is 1.07 bits per heavy atom. The van der Waals surface area contributed by atoms with Crippen LogP contribution in [0.1, 0.15) is 44.1 Å². The summed E-state index contributed by atoms with van der Waals surface area (Å²) in [4.78, 5) is 17.5. The highest BCUT2D eigenvalue weighted by Gasteiger charge is 2.21. The molecule has 1 saturated carbocycles. The van der Waals surface area contributed by atoms with E-state index in [1.807, 2.05) is 25.1 Å². The van der Waals surface area contributed by atoms with Gasteiger partial charge in [-0.3, -0.25) is 9.69 Å². The number of ether oxygens (including phenoxy) is 1. The van der Waals surface area contributed by atoms with Crippen LogP contribution in [0.5, 0.6) is 5.75 Å². The lowest BCUT2D eigenvalue weighted by Gasteiger charge is -2.28. The lowest BCUT2D eigenvalue weighted by molar-refractivity contribution is -0.117. The Morgan fingerprint density at radius 3 is 2.59 bits per heavy atom. The van der Waals surface area contributed by atoms with Crippen molar-refractivity contribution in [2.45, 2.75) is 45.4 Å². The summed E-state index contributed by atoms with van der Waals surface area (Å²) >= 11 is 0. The molecule has 150 valence electrons. The molecule has 0 bridgehead atoms. The Morgan fingerprint density at radius 2 is 1.81 bits per heavy atom. The van der Waals surface area contributed by atoms with E-state index in [1.165, 1.54) is 45.2 Å². The number of nitrogens with zero attached hydrogens (tertiary/aromatic N) is 2. The van der Waals surface area contributed by atoms with Gasteiger partial charge in [0.05, 0.1) is 19.3 Å². The van der Waals surface area contributed by atoms with Gasteiger partial charge >= 0.3 is 0 Å². The fraction of sp³-hybridized carbons (Fsp3) is 0.682. The monoisotopic (exact) mass is 373 g/mol. The average Bonchev–Trinajstić information content (AvgIpc) is 2.88. The van der Waals surface area contributed by atoms with Gasteiger partial charge in [0.15, 0.2) is 0 Å². The Hall–Kier alpha value is -1.59. The molecule has 1 aliphatic carbocycles. The van der Waals surface area contributed by atoms with Gasteiger partial charge in [0.2, 0.25) is 5.91 Å². The van der Waals surface area contributed by atoms with Crippen LogP contribution >= 0.6 is 0 Å². The van der Waals surface area contributed by atoms with Gasteiger partial charge < -0.3 is 15.0 Å². The maximum absolute atomic E-state index is 12.5. The molecule has 0 radical (unpaired) electrons. The van der Waals surface area contributed by atoms with Crippen LogP contribution in [-0.4, -0.2) is 62.1 Å². The number of carbonyl (C=O) groups excluding carboxylic acids is 1. The molecule has 1 aromatic carbocycles. The van der Waals surface area contributed by atoms with Crippen molar-refractivity contribution in [1.29, 1.82) is 0 Å². The normalized spacial score (nSPS) is 20.2. The molecule has 0 atom stereocenters. The van der Waals surface area contributed by atoms with Crippen LogP contribution in [0.4, 0.5) is 5.69 Å². The average molecular weight is 374 g/mol. The van der Waals surface area contributed by atoms with Crippen molar-refractivity contribution in [3.8, 4) is 5.75 Å². The largest absolute Gasteiger partial charge is 0.495 e. The summed E-state index contributed by atoms with van der Waals surface area (Å²) in [6, 6.07) is 5.86. The van der Waals surface area contributed by atoms with Crippen LogP contribution in [0.25, 0.3) is 0 Å². The van der Waals surface area contributed by atoms with Gasteiger partial charge in [-0.25, -0.2) is 0 Å². The predicted octanol–water partition coefficient (Wildman–Crippen LogP) is 3.53. The van der Waals surface area contributed by atoms with Crippen molar-refractivity contribution in [2.24, 2.45) is 5.92 Å². The second kappa shape index (κ2) is 10.1. The van der Waals surface area contributed by atoms with E-state index in [2.05, 4.69) is 15.1 Å². The standard InChI is InChI=1S/C22H35N3O2/c1-18-9-10-21(27-2)20(15-18)23-22(26)17-25-12-6-11-24(13-14-25)16-19-7-4-3-5-8-19/h9-10,15,19H,3-8,11-14,16-17H2,1-2H3,(H,23,26). The summed E-state index contributed by atoms with van der Waals surface area (Å²) in [6.45, 7) is 7.95. The van der Waals surface area contributed by atoms with Gasteiger partial charge in [0.25, 0.3) is 0 Å². The number of nitrogens with one attached hydrogen (secondary N) is 1. The van der Waals surface area contributed by atoms with E-state index < -0.39 is 0 Å². The summed E-state index contributed by atoms with van der Waals surface area (Å²) in [7, 11) is 1.63. The van der Waals surface area contributed by atoms with E-state index in [1.54, 1.807) is 7.11 Å². The highest BCUT2D eigenvalue weighted by Crippen LogP contribution is 2.26. The third-order valence-electron chi connectivity index (χ3n) is 5.92. The first-order valence-corrected chi connectivity index (χ1v) is 10.5. The molecule has 0 unspecified atom stereocenters. The van der Waals surface area contributed by atoms with Gasteiger partial charge in [0, 0.05) is 19.6 Å². The van der Waals surface area contributed by atoms with E-state index in [0.29, 0.717) is 12.3 Å². The Bertz CT molecular complexity index is 614. The fourth-order valence-electron chi connectivity index (χ4n) is 4.41. The highest BCUT2D eigenvalue weighted by atomic mass is 16.5. The molecular weight excluding hydrogens is 338 g/mol. The maximum Gasteiger partial charge on any atom is 0.238 e. The molecule has 27 heavy (non-hydrogen) atoms. The van der Waals surface area contributed by atoms with E-state index >= 15 is 0 Å². The second-order valence-electron chi connectivity index (χ2n) is 8.19. The molecule has 2 fully saturated rings. The van der Waals surface area contributed by atoms with Crippen LogP contribution in [-0.2, 0) is 4.79 Å². The molecule has 1 aromatic rings. The number of amides is 1. The SMILES string of the molecule is COc1ccc(C)cc1NC(=O)CN1CCCN(CC2CCCCC2)CC1. The number of anilines is 1. The summed E-state index contributed by atoms with van der Waals surface area (Å²) in [6.07, 6.45) is 8.20. The van der Waals surface area contributed by atoms with Gasteiger partial charge in [-0.1, -0.05) is 25.3 Å². The minimum Gasteiger partial charge on any atom is -0.495 e. The first-order chi connectivity index (χ1) is 13.1. The van der Waals surface area contributed by atoms with Gasteiger partial charge in [-0.15, -0.1) is 0 Å². The molecule has 5 heteroatoms. The smallest absolute Gasteiger partial charge is 0.238 e. The number of methoxy groups -OCH3 is 1. The van der Waals surface area contributed by atoms with E-state index in [4.69, 9.17) is 4.74 Å². The first kappa shape index (κ1) is 20.2. The summed E-state index contributed by atoms with van der Waals surface area (Å²) in [5.74, 6) is 1.64. The molecule has 5 nitrogen and oxygen atoms in total. The third kappa shape index (κ3) is 6.22. The van der Waals surface area contributed by atoms with Crippen LogP contribution < -0.4 is 10.1 Å². The minimum atomic E-state index is 0.0413. The molecule has 1 heterocycles. The molecule has 0 spiro atoms. The van der Waals surface area contributed by atoms with Gasteiger partial charge in [-0.2, -0.15) is 0 Å². The third-order valence-corrected chi connectivity index (χ3v) is 5.92. The first-order valence-electron chi connectivity index (χ1n) is 10.5. The van der Waals surface area contributed by atoms with Crippen molar-refractivity contribution in [3.63, 3.8) is 0 Å². The molecular formula is C22H35N3O2. The number of hydrogen-bond donors (Lipinski definition) is 1. The number of benzene rings is 1. The Kier molecular flexibility index (Phi) is 7.53. The van der Waals surface area contributed by atoms with Crippen LogP contribution in [0.15, 0.2) is 18.2 Å². The molecule has 3 rings (SSSR count). The zero-order valence-electron chi connectivity index (χ0n) is 17.0. The quantitative estimate of drug-likeness (QED) is 0.829. The van der Waals surface area contributed by atoms with Crippen LogP contribution in [0, 0.1) is 12.8 Å². The zero-order chi connectivity index (χ0) is 19.1. The fourth-order valence-corrected chi connectivity index (χ4v) is 4.41.